The first-order chi connectivity index (χ1) is 7.36. The number of aromatic carboxylic acids is 2. The maximum absolute atomic E-state index is 10.5. The van der Waals surface area contributed by atoms with Crippen LogP contribution in [0, 0.1) is 0 Å². The third-order valence-electron chi connectivity index (χ3n) is 1.39. The van der Waals surface area contributed by atoms with Crippen LogP contribution in [0.2, 0.25) is 0 Å². The van der Waals surface area contributed by atoms with Crippen LogP contribution in [0.1, 0.15) is 28.1 Å². The quantitative estimate of drug-likeness (QED) is 0.587. The number of carboxylic acid groups (broad SMARTS) is 4. The van der Waals surface area contributed by atoms with E-state index in [4.69, 9.17) is 25.2 Å². The number of hydrogen-bond donors (Lipinski definition) is 4. The third-order valence-corrected chi connectivity index (χ3v) is 1.39. The molecule has 9 heteroatoms. The van der Waals surface area contributed by atoms with Crippen LogP contribution in [0.25, 0.3) is 0 Å². The average Bonchev–Trinajstić information content (AvgIpc) is 2.16. The second kappa shape index (κ2) is 15.1. The van der Waals surface area contributed by atoms with Crippen LogP contribution in [0.15, 0.2) is 24.3 Å². The Labute approximate surface area is 194 Å². The number of benzene rings is 1. The van der Waals surface area contributed by atoms with Gasteiger partial charge in [-0.3, -0.25) is 0 Å². The van der Waals surface area contributed by atoms with Crippen molar-refractivity contribution < 1.29 is 34.8 Å². The molecule has 7 nitrogen and oxygen atoms in total. The van der Waals surface area contributed by atoms with Crippen molar-refractivity contribution in [2.45, 2.75) is 7.43 Å². The molecule has 0 radical (unpaired) electrons. The van der Waals surface area contributed by atoms with Crippen LogP contribution in [-0.4, -0.2) is 141 Å². The normalized spacial score (nSPS) is 7.16. The van der Waals surface area contributed by atoms with E-state index in [1.807, 2.05) is 0 Å². The number of carboxylic acids is 2. The van der Waals surface area contributed by atoms with Crippen molar-refractivity contribution in [2.75, 3.05) is 0 Å². The average molecular weight is 324 g/mol. The molecule has 1 aromatic carbocycles. The summed E-state index contributed by atoms with van der Waals surface area (Å²) in [5.41, 5.74) is -0.380. The zero-order valence-electron chi connectivity index (χ0n) is 7.82. The molecule has 19 heavy (non-hydrogen) atoms. The molecule has 1 rings (SSSR count). The van der Waals surface area contributed by atoms with Crippen molar-refractivity contribution >= 4 is 121 Å². The predicted molar refractivity (Wildman–Crippen MR) is 72.0 cm³/mol. The molecule has 0 aliphatic rings. The van der Waals surface area contributed by atoms with Crippen LogP contribution >= 0.6 is 0 Å². The zero-order chi connectivity index (χ0) is 12.7. The Morgan fingerprint density at radius 3 is 1.11 bits per heavy atom. The van der Waals surface area contributed by atoms with Gasteiger partial charge in [-0.1, -0.05) is 19.6 Å². The van der Waals surface area contributed by atoms with E-state index in [1.165, 1.54) is 24.3 Å². The van der Waals surface area contributed by atoms with Crippen LogP contribution in [-0.2, 0) is 0 Å². The summed E-state index contributed by atoms with van der Waals surface area (Å²) >= 11 is 0. The fourth-order valence-corrected chi connectivity index (χ4v) is 0.856. The Kier molecular flexibility index (Phi) is 22.2. The van der Waals surface area contributed by atoms with Crippen molar-refractivity contribution in [3.63, 3.8) is 0 Å². The molecule has 1 aromatic rings. The van der Waals surface area contributed by atoms with E-state index in [0.717, 1.165) is 0 Å². The van der Waals surface area contributed by atoms with Gasteiger partial charge < -0.3 is 20.4 Å². The van der Waals surface area contributed by atoms with Crippen molar-refractivity contribution in [3.8, 4) is 0 Å². The van der Waals surface area contributed by atoms with Gasteiger partial charge in [0.15, 0.2) is 0 Å². The monoisotopic (exact) mass is 324 g/mol. The molecule has 0 amide bonds. The molecule has 98 valence electrons. The summed E-state index contributed by atoms with van der Waals surface area (Å²) in [5, 5.41) is 31.0. The summed E-state index contributed by atoms with van der Waals surface area (Å²) in [6, 6.07) is 5.48. The molecular formula is C10H14K2O7. The van der Waals surface area contributed by atoms with E-state index in [9.17, 15) is 9.59 Å². The van der Waals surface area contributed by atoms with Crippen LogP contribution in [0.4, 0.5) is 4.79 Å². The molecule has 0 spiro atoms. The molecule has 4 N–H and O–H groups in total. The number of carbonyl (C=O) groups is 3. The van der Waals surface area contributed by atoms with E-state index in [-0.39, 0.29) is 121 Å². The summed E-state index contributed by atoms with van der Waals surface area (Å²) in [4.78, 5) is 29.5. The fourth-order valence-electron chi connectivity index (χ4n) is 0.856. The van der Waals surface area contributed by atoms with Crippen molar-refractivity contribution in [2.24, 2.45) is 0 Å². The predicted octanol–water partition coefficient (Wildman–Crippen LogP) is 0.644. The third kappa shape index (κ3) is 13.4. The maximum atomic E-state index is 10.5. The van der Waals surface area contributed by atoms with E-state index in [1.54, 1.807) is 0 Å². The van der Waals surface area contributed by atoms with Gasteiger partial charge >= 0.3 is 121 Å². The molecule has 0 aromatic heterocycles. The van der Waals surface area contributed by atoms with Gasteiger partial charge in [-0.2, -0.15) is 0 Å². The Morgan fingerprint density at radius 2 is 0.947 bits per heavy atom. The van der Waals surface area contributed by atoms with E-state index in [2.05, 4.69) is 0 Å². The van der Waals surface area contributed by atoms with Gasteiger partial charge in [0.05, 0.1) is 11.1 Å². The minimum absolute atomic E-state index is 0. The SMILES string of the molecule is C.O=C(O)O.O=C(O)c1ccccc1C(=O)O.[KH].[KH]. The van der Waals surface area contributed by atoms with E-state index >= 15 is 0 Å². The van der Waals surface area contributed by atoms with Gasteiger partial charge in [0, 0.05) is 0 Å². The molecule has 0 atom stereocenters. The molecule has 0 bridgehead atoms. The van der Waals surface area contributed by atoms with Gasteiger partial charge in [0.1, 0.15) is 0 Å². The van der Waals surface area contributed by atoms with Gasteiger partial charge in [-0.15, -0.1) is 0 Å². The summed E-state index contributed by atoms with van der Waals surface area (Å²) in [6.07, 6.45) is -1.83. The Morgan fingerprint density at radius 1 is 0.737 bits per heavy atom. The van der Waals surface area contributed by atoms with Crippen molar-refractivity contribution in [1.82, 2.24) is 0 Å². The van der Waals surface area contributed by atoms with Gasteiger partial charge in [0.2, 0.25) is 0 Å². The Balaban J connectivity index is -0.000000144. The standard InChI is InChI=1S/C8H6O4.CH2O3.CH4.2K.2H/c9-7(10)5-3-1-2-4-6(5)8(11)12;2-1(3)4;;;;;/h1-4H,(H,9,10)(H,11,12);(H2,2,3,4);1H4;;;;. The van der Waals surface area contributed by atoms with Crippen LogP contribution in [0.5, 0.6) is 0 Å². The molecular weight excluding hydrogens is 310 g/mol. The van der Waals surface area contributed by atoms with Gasteiger partial charge in [0.25, 0.3) is 0 Å². The topological polar surface area (TPSA) is 132 Å². The van der Waals surface area contributed by atoms with Crippen LogP contribution in [0.3, 0.4) is 0 Å². The first kappa shape index (κ1) is 28.0. The Bertz CT molecular complexity index is 383. The number of rotatable bonds is 2. The second-order valence-electron chi connectivity index (χ2n) is 2.44. The minimum atomic E-state index is -1.83. The second-order valence-corrected chi connectivity index (χ2v) is 2.44. The van der Waals surface area contributed by atoms with E-state index in [0.29, 0.717) is 0 Å². The molecule has 0 heterocycles. The molecule has 0 unspecified atom stereocenters. The summed E-state index contributed by atoms with van der Waals surface area (Å²) < 4.78 is 0. The molecule has 0 saturated carbocycles. The molecule has 0 aliphatic carbocycles. The summed E-state index contributed by atoms with van der Waals surface area (Å²) in [5.74, 6) is -2.46. The molecule has 0 aliphatic heterocycles. The van der Waals surface area contributed by atoms with Gasteiger partial charge in [-0.05, 0) is 12.1 Å². The Hall–Kier alpha value is 0.703. The first-order valence-corrected chi connectivity index (χ1v) is 3.83. The first-order valence-electron chi connectivity index (χ1n) is 3.83. The van der Waals surface area contributed by atoms with E-state index < -0.39 is 18.1 Å². The fraction of sp³-hybridized carbons (Fsp3) is 0.100. The van der Waals surface area contributed by atoms with Gasteiger partial charge in [-0.25, -0.2) is 14.4 Å². The van der Waals surface area contributed by atoms with Crippen molar-refractivity contribution in [3.05, 3.63) is 35.4 Å². The van der Waals surface area contributed by atoms with Crippen LogP contribution < -0.4 is 0 Å². The zero-order valence-corrected chi connectivity index (χ0v) is 7.82. The summed E-state index contributed by atoms with van der Waals surface area (Å²) in [6.45, 7) is 0. The van der Waals surface area contributed by atoms with Crippen molar-refractivity contribution in [1.29, 1.82) is 0 Å². The summed E-state index contributed by atoms with van der Waals surface area (Å²) in [7, 11) is 0. The molecule has 0 fully saturated rings. The number of hydrogen-bond acceptors (Lipinski definition) is 3. The molecule has 0 saturated heterocycles.